The Labute approximate surface area is 211 Å². The van der Waals surface area contributed by atoms with Gasteiger partial charge < -0.3 is 4.42 Å². The van der Waals surface area contributed by atoms with Crippen molar-refractivity contribution in [1.29, 1.82) is 0 Å². The Morgan fingerprint density at radius 2 is 1.14 bits per heavy atom. The van der Waals surface area contributed by atoms with Crippen LogP contribution in [0.1, 0.15) is 0 Å². The summed E-state index contributed by atoms with van der Waals surface area (Å²) in [7, 11) is 0. The number of hydrogen-bond acceptors (Lipinski definition) is 4. The number of nitrogens with zero attached hydrogens (tertiary/aromatic N) is 3. The van der Waals surface area contributed by atoms with E-state index in [1.807, 2.05) is 84.9 Å². The third-order valence-electron chi connectivity index (χ3n) is 6.39. The first-order valence-corrected chi connectivity index (χ1v) is 12.0. The number of hydrogen-bond donors (Lipinski definition) is 0. The van der Waals surface area contributed by atoms with E-state index in [0.29, 0.717) is 28.1 Å². The van der Waals surface area contributed by atoms with E-state index in [2.05, 4.69) is 24.3 Å². The van der Waals surface area contributed by atoms with Gasteiger partial charge in [-0.05, 0) is 29.0 Å². The molecule has 4 nitrogen and oxygen atoms in total. The highest BCUT2D eigenvalue weighted by Crippen LogP contribution is 2.38. The zero-order valence-electron chi connectivity index (χ0n) is 19.0. The van der Waals surface area contributed by atoms with Crippen molar-refractivity contribution < 1.29 is 4.42 Å². The van der Waals surface area contributed by atoms with Crippen molar-refractivity contribution in [2.75, 3.05) is 0 Å². The Bertz CT molecular complexity index is 1840. The summed E-state index contributed by atoms with van der Waals surface area (Å²) in [6.07, 6.45) is 0. The van der Waals surface area contributed by atoms with Gasteiger partial charge in [-0.3, -0.25) is 0 Å². The molecule has 2 aromatic heterocycles. The molecule has 0 unspecified atom stereocenters. The molecule has 0 saturated heterocycles. The summed E-state index contributed by atoms with van der Waals surface area (Å²) < 4.78 is 6.12. The minimum atomic E-state index is 0.602. The van der Waals surface area contributed by atoms with Gasteiger partial charge in [0, 0.05) is 27.5 Å². The average molecular weight is 484 g/mol. The maximum atomic E-state index is 6.44. The molecule has 2 heterocycles. The van der Waals surface area contributed by atoms with E-state index in [9.17, 15) is 0 Å². The fourth-order valence-corrected chi connectivity index (χ4v) is 4.87. The van der Waals surface area contributed by atoms with Crippen molar-refractivity contribution in [2.45, 2.75) is 0 Å². The topological polar surface area (TPSA) is 51.8 Å². The van der Waals surface area contributed by atoms with Gasteiger partial charge in [0.15, 0.2) is 23.1 Å². The smallest absolute Gasteiger partial charge is 0.164 e. The van der Waals surface area contributed by atoms with Gasteiger partial charge >= 0.3 is 0 Å². The lowest BCUT2D eigenvalue weighted by molar-refractivity contribution is 0.669. The molecule has 5 aromatic carbocycles. The summed E-state index contributed by atoms with van der Waals surface area (Å²) in [4.78, 5) is 14.6. The number of aromatic nitrogens is 3. The second kappa shape index (κ2) is 8.29. The van der Waals surface area contributed by atoms with Crippen LogP contribution >= 0.6 is 11.6 Å². The van der Waals surface area contributed by atoms with Crippen molar-refractivity contribution in [3.05, 3.63) is 114 Å². The maximum absolute atomic E-state index is 6.44. The lowest BCUT2D eigenvalue weighted by Gasteiger charge is -2.09. The van der Waals surface area contributed by atoms with Crippen LogP contribution in [0.25, 0.3) is 66.9 Å². The molecule has 0 aliphatic carbocycles. The summed E-state index contributed by atoms with van der Waals surface area (Å²) in [5.41, 5.74) is 4.29. The largest absolute Gasteiger partial charge is 0.454 e. The maximum Gasteiger partial charge on any atom is 0.164 e. The van der Waals surface area contributed by atoms with Crippen molar-refractivity contribution in [2.24, 2.45) is 0 Å². The summed E-state index contributed by atoms with van der Waals surface area (Å²) in [5, 5.41) is 4.80. The fraction of sp³-hybridized carbons (Fsp3) is 0. The van der Waals surface area contributed by atoms with Crippen LogP contribution in [0.3, 0.4) is 0 Å². The van der Waals surface area contributed by atoms with E-state index in [-0.39, 0.29) is 0 Å². The first-order chi connectivity index (χ1) is 17.7. The van der Waals surface area contributed by atoms with Crippen molar-refractivity contribution >= 4 is 44.3 Å². The van der Waals surface area contributed by atoms with Crippen LogP contribution in [0.4, 0.5) is 0 Å². The summed E-state index contributed by atoms with van der Waals surface area (Å²) in [6.45, 7) is 0. The molecule has 0 aliphatic heterocycles. The van der Waals surface area contributed by atoms with E-state index < -0.39 is 0 Å². The van der Waals surface area contributed by atoms with Gasteiger partial charge in [0.2, 0.25) is 0 Å². The molecule has 36 heavy (non-hydrogen) atoms. The highest BCUT2D eigenvalue weighted by Gasteiger charge is 2.16. The van der Waals surface area contributed by atoms with Gasteiger partial charge in [-0.15, -0.1) is 0 Å². The zero-order chi connectivity index (χ0) is 24.1. The van der Waals surface area contributed by atoms with Gasteiger partial charge in [-0.2, -0.15) is 0 Å². The van der Waals surface area contributed by atoms with Gasteiger partial charge in [-0.25, -0.2) is 15.0 Å². The quantitative estimate of drug-likeness (QED) is 0.252. The number of para-hydroxylation sites is 1. The normalized spacial score (nSPS) is 11.5. The SMILES string of the molecule is Clc1cccc2c1oc1ccc3ccc(-c4nc(-c5ccccc5)nc(-c5ccccc5)n4)cc3c12. The third-order valence-corrected chi connectivity index (χ3v) is 6.69. The van der Waals surface area contributed by atoms with E-state index in [1.165, 1.54) is 0 Å². The lowest BCUT2D eigenvalue weighted by Crippen LogP contribution is -2.00. The highest BCUT2D eigenvalue weighted by molar-refractivity contribution is 6.36. The first-order valence-electron chi connectivity index (χ1n) is 11.7. The molecule has 0 amide bonds. The Kier molecular flexibility index (Phi) is 4.79. The number of furan rings is 1. The van der Waals surface area contributed by atoms with Gasteiger partial charge in [0.05, 0.1) is 5.02 Å². The minimum absolute atomic E-state index is 0.602. The van der Waals surface area contributed by atoms with Crippen molar-refractivity contribution in [1.82, 2.24) is 15.0 Å². The molecule has 0 atom stereocenters. The predicted octanol–water partition coefficient (Wildman–Crippen LogP) is 8.58. The number of fused-ring (bicyclic) bond motifs is 5. The molecule has 0 spiro atoms. The van der Waals surface area contributed by atoms with Crippen molar-refractivity contribution in [3.63, 3.8) is 0 Å². The van der Waals surface area contributed by atoms with Gasteiger partial charge in [-0.1, -0.05) is 103 Å². The molecule has 0 aliphatic rings. The van der Waals surface area contributed by atoms with Crippen LogP contribution in [0, 0.1) is 0 Å². The second-order valence-electron chi connectivity index (χ2n) is 8.63. The number of benzene rings is 5. The second-order valence-corrected chi connectivity index (χ2v) is 9.04. The van der Waals surface area contributed by atoms with Crippen LogP contribution in [0.15, 0.2) is 114 Å². The Balaban J connectivity index is 1.49. The van der Waals surface area contributed by atoms with Crippen molar-refractivity contribution in [3.8, 4) is 34.2 Å². The first kappa shape index (κ1) is 20.8. The Morgan fingerprint density at radius 3 is 1.81 bits per heavy atom. The monoisotopic (exact) mass is 483 g/mol. The Morgan fingerprint density at radius 1 is 0.528 bits per heavy atom. The summed E-state index contributed by atoms with van der Waals surface area (Å²) >= 11 is 6.44. The van der Waals surface area contributed by atoms with Gasteiger partial charge in [0.1, 0.15) is 5.58 Å². The molecule has 7 aromatic rings. The van der Waals surface area contributed by atoms with E-state index in [4.69, 9.17) is 31.0 Å². The van der Waals surface area contributed by atoms with Crippen LogP contribution in [-0.4, -0.2) is 15.0 Å². The molecule has 0 saturated carbocycles. The molecule has 170 valence electrons. The average Bonchev–Trinajstić information content (AvgIpc) is 3.34. The zero-order valence-corrected chi connectivity index (χ0v) is 19.8. The number of rotatable bonds is 3. The van der Waals surface area contributed by atoms with E-state index in [1.54, 1.807) is 0 Å². The minimum Gasteiger partial charge on any atom is -0.454 e. The van der Waals surface area contributed by atoms with Gasteiger partial charge in [0.25, 0.3) is 0 Å². The van der Waals surface area contributed by atoms with Crippen LogP contribution in [0.5, 0.6) is 0 Å². The van der Waals surface area contributed by atoms with Crippen LogP contribution in [0.2, 0.25) is 5.02 Å². The summed E-state index contributed by atoms with van der Waals surface area (Å²) in [5.74, 6) is 1.89. The standard InChI is InChI=1S/C31H18ClN3O/c32-25-13-7-12-23-27-24-18-22(15-14-19(24)16-17-26(27)36-28(23)25)31-34-29(20-8-3-1-4-9-20)33-30(35-31)21-10-5-2-6-11-21/h1-18H. The predicted molar refractivity (Wildman–Crippen MR) is 146 cm³/mol. The molecular weight excluding hydrogens is 466 g/mol. The fourth-order valence-electron chi connectivity index (χ4n) is 4.66. The third kappa shape index (κ3) is 3.43. The van der Waals surface area contributed by atoms with E-state index in [0.717, 1.165) is 43.8 Å². The molecular formula is C31H18ClN3O. The highest BCUT2D eigenvalue weighted by atomic mass is 35.5. The Hall–Kier alpha value is -4.54. The molecule has 0 N–H and O–H groups in total. The van der Waals surface area contributed by atoms with Crippen LogP contribution in [-0.2, 0) is 0 Å². The van der Waals surface area contributed by atoms with Crippen LogP contribution < -0.4 is 0 Å². The summed E-state index contributed by atoms with van der Waals surface area (Å²) in [6, 6.07) is 36.2. The molecule has 0 radical (unpaired) electrons. The van der Waals surface area contributed by atoms with E-state index >= 15 is 0 Å². The lowest BCUT2D eigenvalue weighted by atomic mass is 10.0. The molecule has 0 fully saturated rings. The molecule has 5 heteroatoms. The molecule has 7 rings (SSSR count). The molecule has 0 bridgehead atoms. The number of halogens is 1.